The molecule has 3 aromatic rings. The molecule has 0 bridgehead atoms. The highest BCUT2D eigenvalue weighted by Gasteiger charge is 2.26. The number of ether oxygens (including phenoxy) is 2. The third kappa shape index (κ3) is 3.75. The Balaban J connectivity index is 1.40. The number of aromatic nitrogens is 1. The highest BCUT2D eigenvalue weighted by molar-refractivity contribution is 7.80. The minimum Gasteiger partial charge on any atom is -0.447 e. The highest BCUT2D eigenvalue weighted by atomic mass is 32.1. The van der Waals surface area contributed by atoms with Crippen molar-refractivity contribution in [2.45, 2.75) is 13.2 Å². The van der Waals surface area contributed by atoms with Crippen LogP contribution in [-0.2, 0) is 0 Å². The van der Waals surface area contributed by atoms with Crippen molar-refractivity contribution in [3.63, 3.8) is 0 Å². The fraction of sp³-hybridized carbons (Fsp3) is 0.105. The van der Waals surface area contributed by atoms with Crippen molar-refractivity contribution >= 4 is 28.9 Å². The van der Waals surface area contributed by atoms with Crippen LogP contribution in [0.3, 0.4) is 0 Å². The molecule has 1 aromatic heterocycles. The van der Waals surface area contributed by atoms with Gasteiger partial charge in [-0.15, -0.1) is 0 Å². The molecule has 8 heteroatoms. The lowest BCUT2D eigenvalue weighted by Gasteiger charge is -2.09. The summed E-state index contributed by atoms with van der Waals surface area (Å²) in [5.74, 6) is 1.33. The summed E-state index contributed by atoms with van der Waals surface area (Å²) < 4.78 is 16.5. The Morgan fingerprint density at radius 3 is 2.59 bits per heavy atom. The van der Waals surface area contributed by atoms with Crippen LogP contribution >= 0.6 is 12.2 Å². The molecular weight excluding hydrogens is 366 g/mol. The molecule has 1 amide bonds. The van der Waals surface area contributed by atoms with Crippen LogP contribution in [-0.4, -0.2) is 16.2 Å². The van der Waals surface area contributed by atoms with Crippen LogP contribution < -0.4 is 20.1 Å². The van der Waals surface area contributed by atoms with E-state index >= 15 is 0 Å². The molecule has 136 valence electrons. The number of benzene rings is 2. The van der Waals surface area contributed by atoms with Crippen molar-refractivity contribution in [3.8, 4) is 11.5 Å². The monoisotopic (exact) mass is 381 g/mol. The summed E-state index contributed by atoms with van der Waals surface area (Å²) in [6, 6.07) is 16.5. The predicted octanol–water partition coefficient (Wildman–Crippen LogP) is 3.58. The Morgan fingerprint density at radius 2 is 1.85 bits per heavy atom. The van der Waals surface area contributed by atoms with Crippen molar-refractivity contribution in [2.75, 3.05) is 5.32 Å². The number of aryl methyl sites for hydroxylation is 1. The van der Waals surface area contributed by atoms with Gasteiger partial charge in [-0.3, -0.25) is 10.1 Å². The van der Waals surface area contributed by atoms with E-state index in [2.05, 4.69) is 15.8 Å². The molecular formula is C19H15N3O4S. The van der Waals surface area contributed by atoms with Gasteiger partial charge in [0.1, 0.15) is 5.76 Å². The molecule has 7 nitrogen and oxygen atoms in total. The fourth-order valence-electron chi connectivity index (χ4n) is 2.58. The van der Waals surface area contributed by atoms with Crippen LogP contribution in [0.1, 0.15) is 28.1 Å². The zero-order valence-corrected chi connectivity index (χ0v) is 15.1. The smallest absolute Gasteiger partial charge is 0.279 e. The number of amides is 1. The number of nitrogens with zero attached hydrogens (tertiary/aromatic N) is 1. The molecule has 1 aliphatic heterocycles. The molecule has 0 aliphatic carbocycles. The molecule has 2 N–H and O–H groups in total. The van der Waals surface area contributed by atoms with Gasteiger partial charge in [0.15, 0.2) is 22.3 Å². The second kappa shape index (κ2) is 7.08. The summed E-state index contributed by atoms with van der Waals surface area (Å²) in [7, 11) is 0. The van der Waals surface area contributed by atoms with Crippen LogP contribution in [0.4, 0.5) is 5.69 Å². The third-order valence-electron chi connectivity index (χ3n) is 3.83. The fourth-order valence-corrected chi connectivity index (χ4v) is 2.79. The van der Waals surface area contributed by atoms with Gasteiger partial charge in [-0.1, -0.05) is 35.5 Å². The lowest BCUT2D eigenvalue weighted by atomic mass is 10.2. The van der Waals surface area contributed by atoms with Gasteiger partial charge in [0.25, 0.3) is 12.2 Å². The maximum Gasteiger partial charge on any atom is 0.279 e. The van der Waals surface area contributed by atoms with Crippen LogP contribution in [0.2, 0.25) is 0 Å². The number of rotatable bonds is 3. The van der Waals surface area contributed by atoms with Crippen molar-refractivity contribution < 1.29 is 18.8 Å². The molecule has 0 saturated carbocycles. The summed E-state index contributed by atoms with van der Waals surface area (Å²) in [5, 5.41) is 9.27. The van der Waals surface area contributed by atoms with Gasteiger partial charge >= 0.3 is 0 Å². The first kappa shape index (κ1) is 17.0. The van der Waals surface area contributed by atoms with E-state index in [4.69, 9.17) is 26.2 Å². The number of nitrogens with one attached hydrogen (secondary N) is 2. The molecule has 2 aromatic carbocycles. The highest BCUT2D eigenvalue weighted by Crippen LogP contribution is 2.41. The second-order valence-corrected chi connectivity index (χ2v) is 6.28. The first-order valence-electron chi connectivity index (χ1n) is 8.16. The minimum atomic E-state index is -0.487. The number of fused-ring (bicyclic) bond motifs is 1. The number of thiocarbonyl (C=S) groups is 1. The van der Waals surface area contributed by atoms with E-state index in [-0.39, 0.29) is 10.8 Å². The van der Waals surface area contributed by atoms with Crippen molar-refractivity contribution in [2.24, 2.45) is 0 Å². The standard InChI is InChI=1S/C19H15N3O4S/c1-11-9-14(22-26-11)17(23)21-19(27)20-13-7-8-15-16(10-13)25-18(24-15)12-5-3-2-4-6-12/h2-10,18H,1H3,(H2,20,21,23,27). The number of hydrogen-bond acceptors (Lipinski definition) is 6. The van der Waals surface area contributed by atoms with Gasteiger partial charge in [-0.05, 0) is 31.3 Å². The number of anilines is 1. The van der Waals surface area contributed by atoms with Crippen LogP contribution in [0.25, 0.3) is 0 Å². The zero-order chi connectivity index (χ0) is 18.8. The van der Waals surface area contributed by atoms with Gasteiger partial charge < -0.3 is 19.3 Å². The number of hydrogen-bond donors (Lipinski definition) is 2. The van der Waals surface area contributed by atoms with Crippen LogP contribution in [0, 0.1) is 6.92 Å². The average molecular weight is 381 g/mol. The van der Waals surface area contributed by atoms with E-state index in [1.54, 1.807) is 25.1 Å². The van der Waals surface area contributed by atoms with E-state index in [0.717, 1.165) is 5.56 Å². The van der Waals surface area contributed by atoms with E-state index < -0.39 is 12.2 Å². The summed E-state index contributed by atoms with van der Waals surface area (Å²) >= 11 is 5.17. The Kier molecular flexibility index (Phi) is 4.47. The van der Waals surface area contributed by atoms with E-state index in [9.17, 15) is 4.79 Å². The maximum atomic E-state index is 12.0. The molecule has 1 unspecified atom stereocenters. The molecule has 0 fully saturated rings. The number of carbonyl (C=O) groups excluding carboxylic acids is 1. The molecule has 2 heterocycles. The van der Waals surface area contributed by atoms with Crippen LogP contribution in [0.5, 0.6) is 11.5 Å². The molecule has 0 radical (unpaired) electrons. The molecule has 1 aliphatic rings. The van der Waals surface area contributed by atoms with E-state index in [1.807, 2.05) is 30.3 Å². The lowest BCUT2D eigenvalue weighted by Crippen LogP contribution is -2.34. The summed E-state index contributed by atoms with van der Waals surface area (Å²) in [6.07, 6.45) is -0.487. The third-order valence-corrected chi connectivity index (χ3v) is 4.03. The van der Waals surface area contributed by atoms with Gasteiger partial charge in [-0.2, -0.15) is 0 Å². The minimum absolute atomic E-state index is 0.138. The first-order valence-corrected chi connectivity index (χ1v) is 8.57. The van der Waals surface area contributed by atoms with Crippen molar-refractivity contribution in [1.29, 1.82) is 0 Å². The zero-order valence-electron chi connectivity index (χ0n) is 14.3. The van der Waals surface area contributed by atoms with Gasteiger partial charge in [-0.25, -0.2) is 0 Å². The van der Waals surface area contributed by atoms with Gasteiger partial charge in [0.05, 0.1) is 0 Å². The Hall–Kier alpha value is -3.39. The second-order valence-electron chi connectivity index (χ2n) is 5.87. The van der Waals surface area contributed by atoms with Gasteiger partial charge in [0, 0.05) is 23.4 Å². The Morgan fingerprint density at radius 1 is 1.07 bits per heavy atom. The maximum absolute atomic E-state index is 12.0. The summed E-state index contributed by atoms with van der Waals surface area (Å²) in [5.41, 5.74) is 1.75. The Bertz CT molecular complexity index is 1000. The quantitative estimate of drug-likeness (QED) is 0.671. The number of carbonyl (C=O) groups is 1. The average Bonchev–Trinajstić information content (AvgIpc) is 3.28. The molecule has 27 heavy (non-hydrogen) atoms. The summed E-state index contributed by atoms with van der Waals surface area (Å²) in [4.78, 5) is 12.0. The molecule has 0 spiro atoms. The Labute approximate surface area is 160 Å². The van der Waals surface area contributed by atoms with Crippen molar-refractivity contribution in [1.82, 2.24) is 10.5 Å². The normalized spacial score (nSPS) is 14.6. The predicted molar refractivity (Wildman–Crippen MR) is 102 cm³/mol. The first-order chi connectivity index (χ1) is 13.1. The summed E-state index contributed by atoms with van der Waals surface area (Å²) in [6.45, 7) is 1.70. The molecule has 1 atom stereocenters. The molecule has 4 rings (SSSR count). The van der Waals surface area contributed by atoms with Gasteiger partial charge in [0.2, 0.25) is 0 Å². The van der Waals surface area contributed by atoms with Crippen LogP contribution in [0.15, 0.2) is 59.1 Å². The largest absolute Gasteiger partial charge is 0.447 e. The SMILES string of the molecule is Cc1cc(C(=O)NC(=S)Nc2ccc3c(c2)OC(c2ccccc2)O3)no1. The lowest BCUT2D eigenvalue weighted by molar-refractivity contribution is 0.0487. The molecule has 0 saturated heterocycles. The van der Waals surface area contributed by atoms with E-state index in [1.165, 1.54) is 6.07 Å². The van der Waals surface area contributed by atoms with E-state index in [0.29, 0.717) is 22.9 Å². The van der Waals surface area contributed by atoms with Crippen molar-refractivity contribution in [3.05, 3.63) is 71.6 Å². The topological polar surface area (TPSA) is 85.6 Å².